The van der Waals surface area contributed by atoms with E-state index in [9.17, 15) is 0 Å². The Labute approximate surface area is 94.7 Å². The van der Waals surface area contributed by atoms with Crippen LogP contribution in [0.3, 0.4) is 0 Å². The molecule has 0 atom stereocenters. The van der Waals surface area contributed by atoms with E-state index < -0.39 is 16.5 Å². The second-order valence-electron chi connectivity index (χ2n) is 5.77. The molecule has 0 spiro atoms. The van der Waals surface area contributed by atoms with Crippen LogP contribution < -0.4 is 4.23 Å². The molecule has 0 N–H and O–H groups in total. The first-order valence-electron chi connectivity index (χ1n) is 5.28. The van der Waals surface area contributed by atoms with E-state index in [0.717, 1.165) is 0 Å². The predicted molar refractivity (Wildman–Crippen MR) is 71.2 cm³/mol. The highest BCUT2D eigenvalue weighted by molar-refractivity contribution is 6.99. The Morgan fingerprint density at radius 3 is 1.60 bits per heavy atom. The van der Waals surface area contributed by atoms with E-state index in [0.29, 0.717) is 0 Å². The summed E-state index contributed by atoms with van der Waals surface area (Å²) < 4.78 is 2.61. The summed E-state index contributed by atoms with van der Waals surface area (Å²) in [4.78, 5) is 8.25. The molecular weight excluding hydrogens is 218 g/mol. The van der Waals surface area contributed by atoms with Gasteiger partial charge in [0.15, 0.2) is 0 Å². The van der Waals surface area contributed by atoms with Crippen LogP contribution >= 0.6 is 0 Å². The Hall–Kier alpha value is -0.686. The van der Waals surface area contributed by atoms with Gasteiger partial charge in [0, 0.05) is 0 Å². The SMILES string of the molecule is C[Si](C)(C)N(c1cncnc1)[Si](C)(C)C. The van der Waals surface area contributed by atoms with Gasteiger partial charge in [0.25, 0.3) is 0 Å². The summed E-state index contributed by atoms with van der Waals surface area (Å²) in [7, 11) is -2.70. The van der Waals surface area contributed by atoms with Gasteiger partial charge in [0.05, 0.1) is 18.1 Å². The minimum atomic E-state index is -1.35. The molecule has 3 nitrogen and oxygen atoms in total. The minimum absolute atomic E-state index is 1.19. The maximum Gasteiger partial charge on any atom is 0.138 e. The first-order chi connectivity index (χ1) is 6.73. The molecule has 0 radical (unpaired) electrons. The van der Waals surface area contributed by atoms with E-state index >= 15 is 0 Å². The van der Waals surface area contributed by atoms with Crippen LogP contribution in [0.25, 0.3) is 0 Å². The second-order valence-corrected chi connectivity index (χ2v) is 15.8. The fourth-order valence-electron chi connectivity index (χ4n) is 2.19. The van der Waals surface area contributed by atoms with Crippen LogP contribution in [-0.4, -0.2) is 26.4 Å². The smallest absolute Gasteiger partial charge is 0.138 e. The first-order valence-corrected chi connectivity index (χ1v) is 12.2. The molecule has 84 valence electrons. The van der Waals surface area contributed by atoms with Crippen molar-refractivity contribution in [1.82, 2.24) is 9.97 Å². The molecule has 0 unspecified atom stereocenters. The van der Waals surface area contributed by atoms with E-state index in [-0.39, 0.29) is 0 Å². The van der Waals surface area contributed by atoms with Crippen molar-refractivity contribution in [3.8, 4) is 0 Å². The van der Waals surface area contributed by atoms with Gasteiger partial charge in [-0.2, -0.15) is 0 Å². The lowest BCUT2D eigenvalue weighted by molar-refractivity contribution is 1.15. The lowest BCUT2D eigenvalue weighted by Gasteiger charge is -2.45. The highest BCUT2D eigenvalue weighted by atomic mass is 28.4. The van der Waals surface area contributed by atoms with Crippen LogP contribution in [0.5, 0.6) is 0 Å². The van der Waals surface area contributed by atoms with E-state index in [2.05, 4.69) is 53.5 Å². The summed E-state index contributed by atoms with van der Waals surface area (Å²) in [6, 6.07) is 0. The zero-order valence-electron chi connectivity index (χ0n) is 10.6. The predicted octanol–water partition coefficient (Wildman–Crippen LogP) is 2.95. The highest BCUT2D eigenvalue weighted by Crippen LogP contribution is 2.26. The van der Waals surface area contributed by atoms with Gasteiger partial charge in [-0.05, 0) is 0 Å². The van der Waals surface area contributed by atoms with Crippen molar-refractivity contribution in [1.29, 1.82) is 0 Å². The Kier molecular flexibility index (Phi) is 3.35. The number of aromatic nitrogens is 2. The lowest BCUT2D eigenvalue weighted by Crippen LogP contribution is -2.59. The number of hydrogen-bond acceptors (Lipinski definition) is 3. The lowest BCUT2D eigenvalue weighted by atomic mass is 10.6. The third-order valence-electron chi connectivity index (χ3n) is 2.15. The fourth-order valence-corrected chi connectivity index (χ4v) is 12.0. The average molecular weight is 239 g/mol. The maximum absolute atomic E-state index is 4.12. The van der Waals surface area contributed by atoms with Crippen LogP contribution in [0.2, 0.25) is 39.3 Å². The molecule has 1 aromatic heterocycles. The molecule has 5 heteroatoms. The van der Waals surface area contributed by atoms with Crippen molar-refractivity contribution < 1.29 is 0 Å². The molecule has 0 aliphatic heterocycles. The summed E-state index contributed by atoms with van der Waals surface area (Å²) >= 11 is 0. The summed E-state index contributed by atoms with van der Waals surface area (Å²) in [5.74, 6) is 0. The normalized spacial score (nSPS) is 12.7. The largest absolute Gasteiger partial charge is 0.422 e. The van der Waals surface area contributed by atoms with Crippen LogP contribution in [0.1, 0.15) is 0 Å². The number of hydrogen-bond donors (Lipinski definition) is 0. The van der Waals surface area contributed by atoms with Crippen molar-refractivity contribution in [2.75, 3.05) is 4.23 Å². The van der Waals surface area contributed by atoms with Gasteiger partial charge in [-0.25, -0.2) is 9.97 Å². The molecule has 0 aliphatic carbocycles. The van der Waals surface area contributed by atoms with Gasteiger partial charge in [0.2, 0.25) is 0 Å². The van der Waals surface area contributed by atoms with Gasteiger partial charge < -0.3 is 4.23 Å². The maximum atomic E-state index is 4.12. The standard InChI is InChI=1S/C10H21N3Si2/c1-14(2,3)13(15(4,5)6)10-7-11-9-12-8-10/h7-9H,1-6H3. The van der Waals surface area contributed by atoms with Gasteiger partial charge in [-0.3, -0.25) is 0 Å². The molecule has 0 fully saturated rings. The summed E-state index contributed by atoms with van der Waals surface area (Å²) in [5.41, 5.74) is 1.19. The van der Waals surface area contributed by atoms with Crippen molar-refractivity contribution >= 4 is 22.2 Å². The molecule has 0 amide bonds. The number of anilines is 1. The Morgan fingerprint density at radius 2 is 1.27 bits per heavy atom. The minimum Gasteiger partial charge on any atom is -0.422 e. The molecule has 1 heterocycles. The number of nitrogens with zero attached hydrogens (tertiary/aromatic N) is 3. The Balaban J connectivity index is 3.15. The molecule has 0 bridgehead atoms. The first kappa shape index (κ1) is 12.4. The summed E-state index contributed by atoms with van der Waals surface area (Å²) in [5, 5.41) is 0. The van der Waals surface area contributed by atoms with Crippen LogP contribution in [0.15, 0.2) is 18.7 Å². The zero-order valence-corrected chi connectivity index (χ0v) is 12.6. The molecule has 0 aromatic carbocycles. The van der Waals surface area contributed by atoms with Crippen LogP contribution in [0.4, 0.5) is 5.69 Å². The fraction of sp³-hybridized carbons (Fsp3) is 0.600. The van der Waals surface area contributed by atoms with E-state index in [1.165, 1.54) is 5.69 Å². The van der Waals surface area contributed by atoms with Gasteiger partial charge in [-0.1, -0.05) is 39.3 Å². The van der Waals surface area contributed by atoms with E-state index in [1.807, 2.05) is 12.4 Å². The molecule has 1 rings (SSSR count). The van der Waals surface area contributed by atoms with Gasteiger partial charge in [-0.15, -0.1) is 0 Å². The van der Waals surface area contributed by atoms with Crippen molar-refractivity contribution in [3.05, 3.63) is 18.7 Å². The molecular formula is C10H21N3Si2. The monoisotopic (exact) mass is 239 g/mol. The van der Waals surface area contributed by atoms with E-state index in [1.54, 1.807) is 6.33 Å². The average Bonchev–Trinajstić information content (AvgIpc) is 2.00. The third kappa shape index (κ3) is 3.14. The van der Waals surface area contributed by atoms with Crippen LogP contribution in [0, 0.1) is 0 Å². The number of rotatable bonds is 3. The third-order valence-corrected chi connectivity index (χ3v) is 9.37. The quantitative estimate of drug-likeness (QED) is 0.760. The van der Waals surface area contributed by atoms with Crippen molar-refractivity contribution in [3.63, 3.8) is 0 Å². The molecule has 0 aliphatic rings. The van der Waals surface area contributed by atoms with E-state index in [4.69, 9.17) is 0 Å². The zero-order chi connectivity index (χ0) is 11.7. The van der Waals surface area contributed by atoms with Gasteiger partial charge in [0.1, 0.15) is 22.8 Å². The summed E-state index contributed by atoms with van der Waals surface area (Å²) in [6.45, 7) is 14.2. The van der Waals surface area contributed by atoms with Gasteiger partial charge >= 0.3 is 0 Å². The van der Waals surface area contributed by atoms with Crippen molar-refractivity contribution in [2.45, 2.75) is 39.3 Å². The molecule has 0 saturated carbocycles. The Bertz CT molecular complexity index is 300. The second kappa shape index (κ2) is 4.05. The summed E-state index contributed by atoms with van der Waals surface area (Å²) in [6.07, 6.45) is 5.46. The molecule has 1 aromatic rings. The highest BCUT2D eigenvalue weighted by Gasteiger charge is 2.34. The topological polar surface area (TPSA) is 29.0 Å². The molecule has 0 saturated heterocycles. The van der Waals surface area contributed by atoms with Crippen molar-refractivity contribution in [2.24, 2.45) is 0 Å². The van der Waals surface area contributed by atoms with Crippen LogP contribution in [-0.2, 0) is 0 Å². The Morgan fingerprint density at radius 1 is 0.867 bits per heavy atom. The molecule has 15 heavy (non-hydrogen) atoms.